The van der Waals surface area contributed by atoms with Crippen LogP contribution in [-0.4, -0.2) is 43.3 Å². The molecule has 0 aliphatic carbocycles. The molecule has 2 amide bonds. The van der Waals surface area contributed by atoms with Gasteiger partial charge in [-0.2, -0.15) is 0 Å². The van der Waals surface area contributed by atoms with E-state index in [9.17, 15) is 18.0 Å². The molecule has 0 aromatic heterocycles. The highest BCUT2D eigenvalue weighted by atomic mass is 79.9. The Morgan fingerprint density at radius 1 is 1.03 bits per heavy atom. The first-order valence-electron chi connectivity index (χ1n) is 12.3. The molecule has 4 rings (SSSR count). The predicted octanol–water partition coefficient (Wildman–Crippen LogP) is 5.22. The maximum Gasteiger partial charge on any atom is 0.265 e. The third-order valence-corrected chi connectivity index (χ3v) is 8.75. The molecule has 37 heavy (non-hydrogen) atoms. The summed E-state index contributed by atoms with van der Waals surface area (Å²) in [5.74, 6) is -0.436. The maximum atomic E-state index is 13.4. The van der Waals surface area contributed by atoms with E-state index in [2.05, 4.69) is 21.2 Å². The molecule has 3 aromatic rings. The Labute approximate surface area is 227 Å². The zero-order valence-electron chi connectivity index (χ0n) is 21.5. The second-order valence-electron chi connectivity index (χ2n) is 10.4. The molecule has 0 saturated heterocycles. The molecule has 9 heteroatoms. The standard InChI is InChI=1S/C28H32BrN3O4S/c1-19(27(34)30-28(2,3)4)31(18-20-13-15-22(29)16-14-20)25(33)12-7-17-32-23-10-5-8-21-9-6-11-24(26(21)23)37(32,35)36/h5-6,8-11,13-16,19H,7,12,17-18H2,1-4H3,(H,30,34)/t19-/m0/s1. The van der Waals surface area contributed by atoms with Crippen molar-refractivity contribution in [3.63, 3.8) is 0 Å². The minimum atomic E-state index is -3.68. The number of carbonyl (C=O) groups excluding carboxylic acids is 2. The van der Waals surface area contributed by atoms with Gasteiger partial charge < -0.3 is 10.2 Å². The summed E-state index contributed by atoms with van der Waals surface area (Å²) in [5, 5.41) is 4.55. The summed E-state index contributed by atoms with van der Waals surface area (Å²) < 4.78 is 28.8. The predicted molar refractivity (Wildman–Crippen MR) is 150 cm³/mol. The number of rotatable bonds is 8. The summed E-state index contributed by atoms with van der Waals surface area (Å²) in [4.78, 5) is 28.3. The van der Waals surface area contributed by atoms with Crippen LogP contribution in [0, 0.1) is 0 Å². The molecule has 196 valence electrons. The molecule has 0 radical (unpaired) electrons. The van der Waals surface area contributed by atoms with E-state index in [0.717, 1.165) is 20.8 Å². The Morgan fingerprint density at radius 3 is 2.32 bits per heavy atom. The molecule has 0 saturated carbocycles. The van der Waals surface area contributed by atoms with Crippen molar-refractivity contribution in [2.75, 3.05) is 10.8 Å². The van der Waals surface area contributed by atoms with Gasteiger partial charge in [-0.3, -0.25) is 13.9 Å². The van der Waals surface area contributed by atoms with Crippen LogP contribution in [0.1, 0.15) is 46.1 Å². The minimum Gasteiger partial charge on any atom is -0.350 e. The van der Waals surface area contributed by atoms with Crippen molar-refractivity contribution in [3.05, 3.63) is 70.7 Å². The largest absolute Gasteiger partial charge is 0.350 e. The van der Waals surface area contributed by atoms with Crippen LogP contribution < -0.4 is 9.62 Å². The van der Waals surface area contributed by atoms with Crippen molar-refractivity contribution in [3.8, 4) is 0 Å². The van der Waals surface area contributed by atoms with Crippen LogP contribution in [0.4, 0.5) is 5.69 Å². The molecule has 1 atom stereocenters. The van der Waals surface area contributed by atoms with E-state index >= 15 is 0 Å². The molecule has 0 bridgehead atoms. The lowest BCUT2D eigenvalue weighted by molar-refractivity contribution is -0.141. The van der Waals surface area contributed by atoms with Crippen LogP contribution in [0.25, 0.3) is 10.8 Å². The summed E-state index contributed by atoms with van der Waals surface area (Å²) in [6, 6.07) is 17.7. The monoisotopic (exact) mass is 585 g/mol. The average Bonchev–Trinajstić information content (AvgIpc) is 3.05. The molecule has 7 nitrogen and oxygen atoms in total. The molecule has 0 spiro atoms. The third kappa shape index (κ3) is 5.83. The average molecular weight is 587 g/mol. The van der Waals surface area contributed by atoms with Gasteiger partial charge in [0.1, 0.15) is 6.04 Å². The molecular formula is C28H32BrN3O4S. The van der Waals surface area contributed by atoms with Crippen LogP contribution in [0.3, 0.4) is 0 Å². The van der Waals surface area contributed by atoms with Gasteiger partial charge in [0.25, 0.3) is 10.0 Å². The second kappa shape index (κ2) is 10.5. The first kappa shape index (κ1) is 27.1. The zero-order chi connectivity index (χ0) is 27.0. The van der Waals surface area contributed by atoms with E-state index in [1.54, 1.807) is 30.0 Å². The van der Waals surface area contributed by atoms with Crippen LogP contribution in [0.15, 0.2) is 70.0 Å². The molecule has 0 unspecified atom stereocenters. The van der Waals surface area contributed by atoms with Crippen molar-refractivity contribution in [2.45, 2.75) is 63.6 Å². The Bertz CT molecular complexity index is 1430. The van der Waals surface area contributed by atoms with Gasteiger partial charge in [0.05, 0.1) is 10.6 Å². The summed E-state index contributed by atoms with van der Waals surface area (Å²) in [6.45, 7) is 7.86. The van der Waals surface area contributed by atoms with Gasteiger partial charge in [0.2, 0.25) is 11.8 Å². The van der Waals surface area contributed by atoms with E-state index in [4.69, 9.17) is 0 Å². The van der Waals surface area contributed by atoms with E-state index in [0.29, 0.717) is 17.0 Å². The fourth-order valence-electron chi connectivity index (χ4n) is 4.56. The van der Waals surface area contributed by atoms with E-state index in [-0.39, 0.29) is 31.3 Å². The highest BCUT2D eigenvalue weighted by molar-refractivity contribution is 9.10. The molecule has 3 aromatic carbocycles. The SMILES string of the molecule is C[C@@H](C(=O)NC(C)(C)C)N(Cc1ccc(Br)cc1)C(=O)CCCN1c2cccc3cccc(c23)S1(=O)=O. The zero-order valence-corrected chi connectivity index (χ0v) is 23.9. The summed E-state index contributed by atoms with van der Waals surface area (Å²) in [7, 11) is -3.68. The summed E-state index contributed by atoms with van der Waals surface area (Å²) in [5.41, 5.74) is 1.11. The first-order valence-corrected chi connectivity index (χ1v) is 14.5. The number of halogens is 1. The maximum absolute atomic E-state index is 13.4. The van der Waals surface area contributed by atoms with Crippen molar-refractivity contribution in [1.29, 1.82) is 0 Å². The van der Waals surface area contributed by atoms with Gasteiger partial charge in [0, 0.05) is 34.9 Å². The number of benzene rings is 3. The number of sulfonamides is 1. The van der Waals surface area contributed by atoms with E-state index < -0.39 is 21.6 Å². The normalized spacial score (nSPS) is 15.0. The Morgan fingerprint density at radius 2 is 1.68 bits per heavy atom. The lowest BCUT2D eigenvalue weighted by atomic mass is 10.1. The molecule has 1 N–H and O–H groups in total. The summed E-state index contributed by atoms with van der Waals surface area (Å²) in [6.07, 6.45) is 0.439. The lowest BCUT2D eigenvalue weighted by Crippen LogP contribution is -2.52. The summed E-state index contributed by atoms with van der Waals surface area (Å²) >= 11 is 3.42. The first-order chi connectivity index (χ1) is 17.4. The van der Waals surface area contributed by atoms with Gasteiger partial charge >= 0.3 is 0 Å². The van der Waals surface area contributed by atoms with Gasteiger partial charge in [-0.15, -0.1) is 0 Å². The fraction of sp³-hybridized carbons (Fsp3) is 0.357. The van der Waals surface area contributed by atoms with Crippen LogP contribution in [-0.2, 0) is 26.2 Å². The second-order valence-corrected chi connectivity index (χ2v) is 13.1. The number of carbonyl (C=O) groups is 2. The lowest BCUT2D eigenvalue weighted by Gasteiger charge is -2.31. The van der Waals surface area contributed by atoms with Gasteiger partial charge in [0.15, 0.2) is 0 Å². The van der Waals surface area contributed by atoms with Crippen molar-refractivity contribution >= 4 is 54.2 Å². The van der Waals surface area contributed by atoms with Gasteiger partial charge in [-0.1, -0.05) is 52.3 Å². The Hall–Kier alpha value is -2.91. The number of anilines is 1. The van der Waals surface area contributed by atoms with Crippen molar-refractivity contribution < 1.29 is 18.0 Å². The number of hydrogen-bond donors (Lipinski definition) is 1. The van der Waals surface area contributed by atoms with E-state index in [1.807, 2.05) is 63.2 Å². The third-order valence-electron chi connectivity index (χ3n) is 6.36. The van der Waals surface area contributed by atoms with E-state index in [1.165, 1.54) is 4.31 Å². The molecule has 1 aliphatic rings. The van der Waals surface area contributed by atoms with Crippen molar-refractivity contribution in [1.82, 2.24) is 10.2 Å². The van der Waals surface area contributed by atoms with Gasteiger partial charge in [-0.25, -0.2) is 8.42 Å². The van der Waals surface area contributed by atoms with Crippen LogP contribution >= 0.6 is 15.9 Å². The number of amides is 2. The quantitative estimate of drug-likeness (QED) is 0.392. The highest BCUT2D eigenvalue weighted by Crippen LogP contribution is 2.42. The number of nitrogens with zero attached hydrogens (tertiary/aromatic N) is 2. The fourth-order valence-corrected chi connectivity index (χ4v) is 6.57. The van der Waals surface area contributed by atoms with Crippen molar-refractivity contribution in [2.24, 2.45) is 0 Å². The molecular weight excluding hydrogens is 554 g/mol. The van der Waals surface area contributed by atoms with Crippen LogP contribution in [0.2, 0.25) is 0 Å². The number of hydrogen-bond acceptors (Lipinski definition) is 4. The smallest absolute Gasteiger partial charge is 0.265 e. The van der Waals surface area contributed by atoms with Crippen LogP contribution in [0.5, 0.6) is 0 Å². The van der Waals surface area contributed by atoms with Gasteiger partial charge in [-0.05, 0) is 69.3 Å². The Balaban J connectivity index is 1.50. The molecule has 0 fully saturated rings. The minimum absolute atomic E-state index is 0.113. The molecule has 1 aliphatic heterocycles. The number of nitrogens with one attached hydrogen (secondary N) is 1. The molecule has 1 heterocycles. The topological polar surface area (TPSA) is 86.8 Å². The Kier molecular flexibility index (Phi) is 7.67. The highest BCUT2D eigenvalue weighted by Gasteiger charge is 2.35.